The van der Waals surface area contributed by atoms with E-state index in [9.17, 15) is 4.39 Å². The molecule has 0 amide bonds. The van der Waals surface area contributed by atoms with Crippen molar-refractivity contribution in [1.82, 2.24) is 10.2 Å². The Bertz CT molecular complexity index is 156. The number of hydrogen-bond donors (Lipinski definition) is 1. The minimum absolute atomic E-state index is 0.183. The van der Waals surface area contributed by atoms with Gasteiger partial charge in [-0.25, -0.2) is 0 Å². The zero-order chi connectivity index (χ0) is 11.1. The Balaban J connectivity index is 2.18. The summed E-state index contributed by atoms with van der Waals surface area (Å²) < 4.78 is 12.0. The molecule has 1 aliphatic carbocycles. The molecule has 0 aromatic heterocycles. The molecule has 0 atom stereocenters. The molecule has 90 valence electrons. The molecule has 0 spiro atoms. The van der Waals surface area contributed by atoms with Gasteiger partial charge in [-0.05, 0) is 45.7 Å². The number of halogens is 1. The SMILES string of the molecule is CCNC1CCC(N(C)CCCF)CC1. The molecule has 1 aliphatic rings. The normalized spacial score (nSPS) is 27.2. The minimum Gasteiger partial charge on any atom is -0.314 e. The Kier molecular flexibility index (Phi) is 6.18. The summed E-state index contributed by atoms with van der Waals surface area (Å²) in [5, 5.41) is 3.51. The highest BCUT2D eigenvalue weighted by Gasteiger charge is 2.22. The van der Waals surface area contributed by atoms with Crippen LogP contribution in [-0.2, 0) is 0 Å². The van der Waals surface area contributed by atoms with Crippen LogP contribution in [0.4, 0.5) is 4.39 Å². The van der Waals surface area contributed by atoms with E-state index in [0.717, 1.165) is 19.1 Å². The van der Waals surface area contributed by atoms with Crippen LogP contribution in [0.25, 0.3) is 0 Å². The van der Waals surface area contributed by atoms with Crippen molar-refractivity contribution in [3.05, 3.63) is 0 Å². The Morgan fingerprint density at radius 2 is 1.93 bits per heavy atom. The summed E-state index contributed by atoms with van der Waals surface area (Å²) in [4.78, 5) is 2.34. The highest BCUT2D eigenvalue weighted by molar-refractivity contribution is 4.81. The van der Waals surface area contributed by atoms with Crippen molar-refractivity contribution in [3.63, 3.8) is 0 Å². The van der Waals surface area contributed by atoms with Crippen LogP contribution < -0.4 is 5.32 Å². The van der Waals surface area contributed by atoms with E-state index in [-0.39, 0.29) is 6.67 Å². The predicted octanol–water partition coefficient (Wildman–Crippen LogP) is 2.20. The largest absolute Gasteiger partial charge is 0.314 e. The maximum atomic E-state index is 12.0. The van der Waals surface area contributed by atoms with Crippen molar-refractivity contribution in [2.75, 3.05) is 26.8 Å². The van der Waals surface area contributed by atoms with Crippen LogP contribution in [0.2, 0.25) is 0 Å². The molecule has 0 radical (unpaired) electrons. The first-order valence-corrected chi connectivity index (χ1v) is 6.27. The van der Waals surface area contributed by atoms with Crippen LogP contribution >= 0.6 is 0 Å². The Morgan fingerprint density at radius 1 is 1.27 bits per heavy atom. The monoisotopic (exact) mass is 216 g/mol. The van der Waals surface area contributed by atoms with Gasteiger partial charge in [0, 0.05) is 18.6 Å². The van der Waals surface area contributed by atoms with E-state index in [1.807, 2.05) is 0 Å². The number of hydrogen-bond acceptors (Lipinski definition) is 2. The van der Waals surface area contributed by atoms with Gasteiger partial charge in [0.15, 0.2) is 0 Å². The zero-order valence-corrected chi connectivity index (χ0v) is 10.1. The Labute approximate surface area is 93.2 Å². The molecule has 0 aliphatic heterocycles. The van der Waals surface area contributed by atoms with E-state index in [1.54, 1.807) is 0 Å². The van der Waals surface area contributed by atoms with Gasteiger partial charge < -0.3 is 10.2 Å². The maximum absolute atomic E-state index is 12.0. The third-order valence-electron chi connectivity index (χ3n) is 3.46. The van der Waals surface area contributed by atoms with Crippen LogP contribution in [0.5, 0.6) is 0 Å². The number of nitrogens with zero attached hydrogens (tertiary/aromatic N) is 1. The molecule has 1 N–H and O–H groups in total. The second-order valence-electron chi connectivity index (χ2n) is 4.59. The topological polar surface area (TPSA) is 15.3 Å². The summed E-state index contributed by atoms with van der Waals surface area (Å²) in [6.07, 6.45) is 5.77. The van der Waals surface area contributed by atoms with E-state index in [1.165, 1.54) is 25.7 Å². The highest BCUT2D eigenvalue weighted by Crippen LogP contribution is 2.22. The average Bonchev–Trinajstić information content (AvgIpc) is 2.27. The summed E-state index contributed by atoms with van der Waals surface area (Å²) in [5.41, 5.74) is 0. The van der Waals surface area contributed by atoms with E-state index >= 15 is 0 Å². The van der Waals surface area contributed by atoms with Crippen molar-refractivity contribution >= 4 is 0 Å². The lowest BCUT2D eigenvalue weighted by Crippen LogP contribution is -2.41. The molecule has 1 saturated carbocycles. The first-order chi connectivity index (χ1) is 7.27. The molecule has 15 heavy (non-hydrogen) atoms. The van der Waals surface area contributed by atoms with Gasteiger partial charge in [-0.15, -0.1) is 0 Å². The molecule has 3 heteroatoms. The van der Waals surface area contributed by atoms with Crippen molar-refractivity contribution in [2.24, 2.45) is 0 Å². The Hall–Kier alpha value is -0.150. The lowest BCUT2D eigenvalue weighted by molar-refractivity contribution is 0.169. The fourth-order valence-corrected chi connectivity index (χ4v) is 2.50. The molecule has 1 rings (SSSR count). The van der Waals surface area contributed by atoms with Gasteiger partial charge in [0.05, 0.1) is 6.67 Å². The molecular formula is C12H25FN2. The predicted molar refractivity (Wildman–Crippen MR) is 62.9 cm³/mol. The van der Waals surface area contributed by atoms with Gasteiger partial charge in [-0.3, -0.25) is 4.39 Å². The summed E-state index contributed by atoms with van der Waals surface area (Å²) in [6, 6.07) is 1.41. The molecule has 0 aromatic rings. The second kappa shape index (κ2) is 7.18. The van der Waals surface area contributed by atoms with Crippen LogP contribution in [0, 0.1) is 0 Å². The fourth-order valence-electron chi connectivity index (χ4n) is 2.50. The molecule has 1 fully saturated rings. The average molecular weight is 216 g/mol. The molecule has 2 nitrogen and oxygen atoms in total. The zero-order valence-electron chi connectivity index (χ0n) is 10.1. The standard InChI is InChI=1S/C12H25FN2/c1-3-14-11-5-7-12(8-6-11)15(2)10-4-9-13/h11-12,14H,3-10H2,1-2H3. The van der Waals surface area contributed by atoms with Gasteiger partial charge in [0.1, 0.15) is 0 Å². The molecule has 0 bridgehead atoms. The van der Waals surface area contributed by atoms with Crippen molar-refractivity contribution in [2.45, 2.75) is 51.1 Å². The van der Waals surface area contributed by atoms with E-state index in [0.29, 0.717) is 12.5 Å². The van der Waals surface area contributed by atoms with Crippen molar-refractivity contribution in [3.8, 4) is 0 Å². The van der Waals surface area contributed by atoms with Gasteiger partial charge in [0.2, 0.25) is 0 Å². The molecule has 0 saturated heterocycles. The lowest BCUT2D eigenvalue weighted by atomic mass is 9.90. The van der Waals surface area contributed by atoms with Crippen molar-refractivity contribution < 1.29 is 4.39 Å². The summed E-state index contributed by atoms with van der Waals surface area (Å²) in [7, 11) is 2.13. The van der Waals surface area contributed by atoms with E-state index in [4.69, 9.17) is 0 Å². The summed E-state index contributed by atoms with van der Waals surface area (Å²) in [6.45, 7) is 3.97. The van der Waals surface area contributed by atoms with Crippen molar-refractivity contribution in [1.29, 1.82) is 0 Å². The maximum Gasteiger partial charge on any atom is 0.0906 e. The third-order valence-corrected chi connectivity index (χ3v) is 3.46. The fraction of sp³-hybridized carbons (Fsp3) is 1.00. The molecular weight excluding hydrogens is 191 g/mol. The van der Waals surface area contributed by atoms with Crippen LogP contribution in [0.3, 0.4) is 0 Å². The molecule has 0 aromatic carbocycles. The minimum atomic E-state index is -0.183. The van der Waals surface area contributed by atoms with Gasteiger partial charge in [-0.2, -0.15) is 0 Å². The van der Waals surface area contributed by atoms with Crippen LogP contribution in [-0.4, -0.2) is 43.8 Å². The lowest BCUT2D eigenvalue weighted by Gasteiger charge is -2.34. The van der Waals surface area contributed by atoms with Gasteiger partial charge in [-0.1, -0.05) is 6.92 Å². The van der Waals surface area contributed by atoms with Crippen LogP contribution in [0.15, 0.2) is 0 Å². The van der Waals surface area contributed by atoms with Gasteiger partial charge >= 0.3 is 0 Å². The number of alkyl halides is 1. The number of nitrogens with one attached hydrogen (secondary N) is 1. The smallest absolute Gasteiger partial charge is 0.0906 e. The van der Waals surface area contributed by atoms with E-state index < -0.39 is 0 Å². The Morgan fingerprint density at radius 3 is 2.47 bits per heavy atom. The van der Waals surface area contributed by atoms with E-state index in [2.05, 4.69) is 24.2 Å². The first kappa shape index (κ1) is 12.9. The first-order valence-electron chi connectivity index (χ1n) is 6.27. The summed E-state index contributed by atoms with van der Waals surface area (Å²) in [5.74, 6) is 0. The number of rotatable bonds is 6. The molecule has 0 unspecified atom stereocenters. The second-order valence-corrected chi connectivity index (χ2v) is 4.59. The van der Waals surface area contributed by atoms with Gasteiger partial charge in [0.25, 0.3) is 0 Å². The summed E-state index contributed by atoms with van der Waals surface area (Å²) >= 11 is 0. The quantitative estimate of drug-likeness (QED) is 0.732. The third kappa shape index (κ3) is 4.47. The molecule has 0 heterocycles. The highest BCUT2D eigenvalue weighted by atomic mass is 19.1. The van der Waals surface area contributed by atoms with Crippen LogP contribution in [0.1, 0.15) is 39.0 Å².